The van der Waals surface area contributed by atoms with Gasteiger partial charge in [-0.05, 0) is 31.0 Å². The van der Waals surface area contributed by atoms with E-state index in [0.717, 1.165) is 6.26 Å². The van der Waals surface area contributed by atoms with Crippen molar-refractivity contribution in [3.05, 3.63) is 24.0 Å². The Morgan fingerprint density at radius 3 is 2.65 bits per heavy atom. The number of carbonyl (C=O) groups is 1. The highest BCUT2D eigenvalue weighted by Gasteiger charge is 2.55. The van der Waals surface area contributed by atoms with Crippen LogP contribution in [0, 0.1) is 0 Å². The minimum Gasteiger partial charge on any atom is -0.468 e. The van der Waals surface area contributed by atoms with Crippen LogP contribution in [0.25, 0.3) is 11.0 Å². The molecule has 0 aliphatic heterocycles. The molecule has 2 aromatic rings. The molecule has 1 fully saturated rings. The predicted octanol–water partition coefficient (Wildman–Crippen LogP) is 1.17. The lowest BCUT2D eigenvalue weighted by atomic mass is 10.1. The highest BCUT2D eigenvalue weighted by molar-refractivity contribution is 7.90. The number of hydrogen-bond acceptors (Lipinski definition) is 5. The van der Waals surface area contributed by atoms with Crippen molar-refractivity contribution in [1.29, 1.82) is 0 Å². The van der Waals surface area contributed by atoms with E-state index in [4.69, 9.17) is 4.74 Å². The Hall–Kier alpha value is -1.89. The molecule has 0 radical (unpaired) electrons. The van der Waals surface area contributed by atoms with Crippen LogP contribution < -0.4 is 0 Å². The van der Waals surface area contributed by atoms with Gasteiger partial charge < -0.3 is 9.72 Å². The number of ether oxygens (including phenoxy) is 1. The van der Waals surface area contributed by atoms with E-state index < -0.39 is 15.3 Å². The maximum Gasteiger partial charge on any atom is 0.319 e. The van der Waals surface area contributed by atoms with Crippen LogP contribution >= 0.6 is 0 Å². The highest BCUT2D eigenvalue weighted by Crippen LogP contribution is 2.48. The molecular formula is C13H14N2O4S. The van der Waals surface area contributed by atoms with Crippen LogP contribution in [0.3, 0.4) is 0 Å². The summed E-state index contributed by atoms with van der Waals surface area (Å²) in [6.07, 6.45) is 2.54. The minimum absolute atomic E-state index is 0.225. The zero-order valence-electron chi connectivity index (χ0n) is 11.1. The second-order valence-electron chi connectivity index (χ2n) is 5.11. The second-order valence-corrected chi connectivity index (χ2v) is 7.13. The molecule has 1 aliphatic carbocycles. The van der Waals surface area contributed by atoms with Gasteiger partial charge in [0.05, 0.1) is 23.0 Å². The normalized spacial score (nSPS) is 17.1. The van der Waals surface area contributed by atoms with E-state index in [2.05, 4.69) is 9.97 Å². The summed E-state index contributed by atoms with van der Waals surface area (Å²) in [5.74, 6) is 0.241. The summed E-state index contributed by atoms with van der Waals surface area (Å²) in [4.78, 5) is 19.5. The van der Waals surface area contributed by atoms with Crippen LogP contribution in [0.15, 0.2) is 23.1 Å². The summed E-state index contributed by atoms with van der Waals surface area (Å²) < 4.78 is 27.9. The maximum absolute atomic E-state index is 11.8. The fraction of sp³-hybridized carbons (Fsp3) is 0.385. The largest absolute Gasteiger partial charge is 0.468 e. The van der Waals surface area contributed by atoms with E-state index in [9.17, 15) is 13.2 Å². The smallest absolute Gasteiger partial charge is 0.319 e. The molecule has 1 N–H and O–H groups in total. The van der Waals surface area contributed by atoms with Gasteiger partial charge in [0, 0.05) is 6.26 Å². The van der Waals surface area contributed by atoms with Gasteiger partial charge in [-0.1, -0.05) is 0 Å². The number of H-pyrrole nitrogens is 1. The number of rotatable bonds is 3. The zero-order chi connectivity index (χ0) is 14.5. The van der Waals surface area contributed by atoms with Crippen LogP contribution in [0.5, 0.6) is 0 Å². The molecule has 3 rings (SSSR count). The number of methoxy groups -OCH3 is 1. The number of aromatic nitrogens is 2. The number of nitrogens with zero attached hydrogens (tertiary/aromatic N) is 1. The quantitative estimate of drug-likeness (QED) is 0.858. The molecule has 0 bridgehead atoms. The molecule has 1 aromatic carbocycles. The van der Waals surface area contributed by atoms with E-state index >= 15 is 0 Å². The third-order valence-corrected chi connectivity index (χ3v) is 4.77. The van der Waals surface area contributed by atoms with Crippen molar-refractivity contribution < 1.29 is 17.9 Å². The average Bonchev–Trinajstić information content (AvgIpc) is 3.09. The van der Waals surface area contributed by atoms with E-state index in [1.54, 1.807) is 6.07 Å². The fourth-order valence-corrected chi connectivity index (χ4v) is 2.95. The summed E-state index contributed by atoms with van der Waals surface area (Å²) in [6.45, 7) is 0. The predicted molar refractivity (Wildman–Crippen MR) is 72.1 cm³/mol. The van der Waals surface area contributed by atoms with Gasteiger partial charge in [0.25, 0.3) is 0 Å². The summed E-state index contributed by atoms with van der Waals surface area (Å²) in [5.41, 5.74) is 0.569. The number of imidazole rings is 1. The van der Waals surface area contributed by atoms with Crippen LogP contribution in [-0.2, 0) is 24.8 Å². The Bertz CT molecular complexity index is 803. The lowest BCUT2D eigenvalue weighted by Crippen LogP contribution is -2.23. The Morgan fingerprint density at radius 1 is 1.40 bits per heavy atom. The van der Waals surface area contributed by atoms with Gasteiger partial charge in [-0.25, -0.2) is 13.4 Å². The Balaban J connectivity index is 2.10. The van der Waals surface area contributed by atoms with E-state index in [-0.39, 0.29) is 10.9 Å². The lowest BCUT2D eigenvalue weighted by Gasteiger charge is -2.08. The molecule has 0 amide bonds. The molecule has 1 aliphatic rings. The molecule has 1 heterocycles. The first-order chi connectivity index (χ1) is 9.37. The van der Waals surface area contributed by atoms with Gasteiger partial charge in [-0.2, -0.15) is 0 Å². The number of hydrogen-bond donors (Lipinski definition) is 1. The van der Waals surface area contributed by atoms with Gasteiger partial charge in [0.15, 0.2) is 9.84 Å². The summed E-state index contributed by atoms with van der Waals surface area (Å²) in [7, 11) is -1.91. The number of nitrogens with one attached hydrogen (secondary N) is 1. The lowest BCUT2D eigenvalue weighted by molar-refractivity contribution is -0.143. The number of esters is 1. The molecule has 1 aromatic heterocycles. The summed E-state index contributed by atoms with van der Waals surface area (Å²) in [6, 6.07) is 4.69. The van der Waals surface area contributed by atoms with Crippen molar-refractivity contribution >= 4 is 26.8 Å². The molecule has 106 valence electrons. The number of fused-ring (bicyclic) bond motifs is 1. The van der Waals surface area contributed by atoms with Crippen molar-refractivity contribution in [3.8, 4) is 0 Å². The van der Waals surface area contributed by atoms with Crippen molar-refractivity contribution in [3.63, 3.8) is 0 Å². The summed E-state index contributed by atoms with van der Waals surface area (Å²) >= 11 is 0. The first-order valence-electron chi connectivity index (χ1n) is 6.15. The van der Waals surface area contributed by atoms with Crippen molar-refractivity contribution in [2.45, 2.75) is 23.2 Å². The topological polar surface area (TPSA) is 89.1 Å². The number of carbonyl (C=O) groups excluding carboxylic acids is 1. The molecule has 0 saturated heterocycles. The third kappa shape index (κ3) is 1.89. The van der Waals surface area contributed by atoms with Gasteiger partial charge in [-0.15, -0.1) is 0 Å². The number of benzene rings is 1. The van der Waals surface area contributed by atoms with Gasteiger partial charge in [0.1, 0.15) is 11.2 Å². The standard InChI is InChI=1S/C13H14N2O4S/c1-19-12(16)13(5-6-13)11-14-9-4-3-8(20(2,17)18)7-10(9)15-11/h3-4,7H,5-6H2,1-2H3,(H,14,15). The molecule has 1 saturated carbocycles. The van der Waals surface area contributed by atoms with Gasteiger partial charge >= 0.3 is 5.97 Å². The molecule has 20 heavy (non-hydrogen) atoms. The highest BCUT2D eigenvalue weighted by atomic mass is 32.2. The van der Waals surface area contributed by atoms with E-state index in [0.29, 0.717) is 29.7 Å². The number of aromatic amines is 1. The second kappa shape index (κ2) is 4.05. The average molecular weight is 294 g/mol. The molecule has 7 heteroatoms. The SMILES string of the molecule is COC(=O)C1(c2nc3ccc(S(C)(=O)=O)cc3[nH]2)CC1. The van der Waals surface area contributed by atoms with Crippen molar-refractivity contribution in [1.82, 2.24) is 9.97 Å². The van der Waals surface area contributed by atoms with Gasteiger partial charge in [-0.3, -0.25) is 4.79 Å². The maximum atomic E-state index is 11.8. The Morgan fingerprint density at radius 2 is 2.10 bits per heavy atom. The minimum atomic E-state index is -3.27. The van der Waals surface area contributed by atoms with Crippen LogP contribution in [0.1, 0.15) is 18.7 Å². The molecule has 6 nitrogen and oxygen atoms in total. The molecule has 0 spiro atoms. The fourth-order valence-electron chi connectivity index (χ4n) is 2.30. The van der Waals surface area contributed by atoms with Crippen molar-refractivity contribution in [2.24, 2.45) is 0 Å². The molecular weight excluding hydrogens is 280 g/mol. The van der Waals surface area contributed by atoms with Gasteiger partial charge in [0.2, 0.25) is 0 Å². The number of sulfone groups is 1. The Labute approximate surface area is 116 Å². The Kier molecular flexibility index (Phi) is 2.66. The first-order valence-corrected chi connectivity index (χ1v) is 8.05. The van der Waals surface area contributed by atoms with Crippen LogP contribution in [0.2, 0.25) is 0 Å². The van der Waals surface area contributed by atoms with E-state index in [1.165, 1.54) is 19.2 Å². The first kappa shape index (κ1) is 13.1. The zero-order valence-corrected chi connectivity index (χ0v) is 12.0. The van der Waals surface area contributed by atoms with Crippen molar-refractivity contribution in [2.75, 3.05) is 13.4 Å². The summed E-state index contributed by atoms with van der Waals surface area (Å²) in [5, 5.41) is 0. The van der Waals surface area contributed by atoms with E-state index in [1.807, 2.05) is 0 Å². The third-order valence-electron chi connectivity index (χ3n) is 3.66. The van der Waals surface area contributed by atoms with Crippen LogP contribution in [-0.4, -0.2) is 37.7 Å². The monoisotopic (exact) mass is 294 g/mol. The molecule has 0 atom stereocenters. The molecule has 0 unspecified atom stereocenters. The van der Waals surface area contributed by atoms with Crippen LogP contribution in [0.4, 0.5) is 0 Å².